The Bertz CT molecular complexity index is 314. The Morgan fingerprint density at radius 3 is 2.88 bits per heavy atom. The van der Waals surface area contributed by atoms with Gasteiger partial charge in [-0.15, -0.1) is 11.3 Å². The smallest absolute Gasteiger partial charge is 0.261 e. The second kappa shape index (κ2) is 6.42. The van der Waals surface area contributed by atoms with Gasteiger partial charge in [0.1, 0.15) is 6.61 Å². The minimum atomic E-state index is -2.37. The molecule has 96 valence electrons. The zero-order valence-corrected chi connectivity index (χ0v) is 10.4. The SMILES string of the molecule is FC(F)COCCNC(c1cccs1)C1CC1. The fourth-order valence-corrected chi connectivity index (χ4v) is 2.75. The van der Waals surface area contributed by atoms with E-state index in [1.165, 1.54) is 17.7 Å². The largest absolute Gasteiger partial charge is 0.374 e. The number of rotatable bonds is 8. The van der Waals surface area contributed by atoms with E-state index in [4.69, 9.17) is 4.74 Å². The van der Waals surface area contributed by atoms with Crippen molar-refractivity contribution >= 4 is 11.3 Å². The molecular formula is C12H17F2NOS. The Labute approximate surface area is 104 Å². The third-order valence-electron chi connectivity index (χ3n) is 2.80. The van der Waals surface area contributed by atoms with E-state index in [0.717, 1.165) is 0 Å². The lowest BCUT2D eigenvalue weighted by atomic mass is 10.1. The number of hydrogen-bond donors (Lipinski definition) is 1. The van der Waals surface area contributed by atoms with Gasteiger partial charge in [0, 0.05) is 17.5 Å². The van der Waals surface area contributed by atoms with Crippen LogP contribution in [0.4, 0.5) is 8.78 Å². The fraction of sp³-hybridized carbons (Fsp3) is 0.667. The molecule has 2 nitrogen and oxygen atoms in total. The average Bonchev–Trinajstić information content (AvgIpc) is 2.98. The third kappa shape index (κ3) is 4.33. The summed E-state index contributed by atoms with van der Waals surface area (Å²) in [5, 5.41) is 5.47. The van der Waals surface area contributed by atoms with E-state index in [2.05, 4.69) is 16.8 Å². The Morgan fingerprint density at radius 2 is 2.29 bits per heavy atom. The van der Waals surface area contributed by atoms with Gasteiger partial charge in [-0.3, -0.25) is 0 Å². The van der Waals surface area contributed by atoms with Gasteiger partial charge in [0.2, 0.25) is 0 Å². The van der Waals surface area contributed by atoms with Crippen LogP contribution < -0.4 is 5.32 Å². The minimum absolute atomic E-state index is 0.346. The highest BCUT2D eigenvalue weighted by molar-refractivity contribution is 7.10. The first-order chi connectivity index (χ1) is 8.27. The van der Waals surface area contributed by atoms with Gasteiger partial charge in [-0.2, -0.15) is 0 Å². The van der Waals surface area contributed by atoms with Crippen LogP contribution in [0.3, 0.4) is 0 Å². The Balaban J connectivity index is 1.68. The Hall–Kier alpha value is -0.520. The second-order valence-corrected chi connectivity index (χ2v) is 5.23. The van der Waals surface area contributed by atoms with Crippen molar-refractivity contribution in [2.75, 3.05) is 19.8 Å². The molecule has 1 saturated carbocycles. The molecule has 2 rings (SSSR count). The first-order valence-corrected chi connectivity index (χ1v) is 6.78. The first kappa shape index (κ1) is 12.9. The zero-order chi connectivity index (χ0) is 12.1. The van der Waals surface area contributed by atoms with Crippen molar-refractivity contribution in [1.29, 1.82) is 0 Å². The van der Waals surface area contributed by atoms with Crippen molar-refractivity contribution in [3.63, 3.8) is 0 Å². The summed E-state index contributed by atoms with van der Waals surface area (Å²) in [5.41, 5.74) is 0. The van der Waals surface area contributed by atoms with Gasteiger partial charge in [0.25, 0.3) is 6.43 Å². The monoisotopic (exact) mass is 261 g/mol. The molecule has 1 atom stereocenters. The normalized spacial score (nSPS) is 17.6. The molecule has 1 aliphatic carbocycles. The molecule has 1 aromatic rings. The molecule has 0 spiro atoms. The maximum absolute atomic E-state index is 11.8. The van der Waals surface area contributed by atoms with Crippen molar-refractivity contribution in [3.05, 3.63) is 22.4 Å². The van der Waals surface area contributed by atoms with Crippen LogP contribution in [0.1, 0.15) is 23.8 Å². The van der Waals surface area contributed by atoms with Gasteiger partial charge < -0.3 is 10.1 Å². The van der Waals surface area contributed by atoms with Crippen LogP contribution in [-0.4, -0.2) is 26.2 Å². The molecule has 1 fully saturated rings. The molecule has 0 radical (unpaired) electrons. The van der Waals surface area contributed by atoms with Crippen LogP contribution in [0.15, 0.2) is 17.5 Å². The lowest BCUT2D eigenvalue weighted by Crippen LogP contribution is -2.26. The molecule has 1 aromatic heterocycles. The average molecular weight is 261 g/mol. The van der Waals surface area contributed by atoms with Gasteiger partial charge in [-0.25, -0.2) is 8.78 Å². The van der Waals surface area contributed by atoms with Crippen LogP contribution in [-0.2, 0) is 4.74 Å². The van der Waals surface area contributed by atoms with E-state index in [1.807, 2.05) is 6.07 Å². The van der Waals surface area contributed by atoms with Crippen LogP contribution in [0.5, 0.6) is 0 Å². The summed E-state index contributed by atoms with van der Waals surface area (Å²) in [5.74, 6) is 0.712. The number of hydrogen-bond acceptors (Lipinski definition) is 3. The van der Waals surface area contributed by atoms with E-state index in [1.54, 1.807) is 11.3 Å². The van der Waals surface area contributed by atoms with Gasteiger partial charge in [0.15, 0.2) is 0 Å². The summed E-state index contributed by atoms with van der Waals surface area (Å²) in [4.78, 5) is 1.33. The van der Waals surface area contributed by atoms with Crippen LogP contribution >= 0.6 is 11.3 Å². The van der Waals surface area contributed by atoms with E-state index in [0.29, 0.717) is 25.1 Å². The predicted molar refractivity (Wildman–Crippen MR) is 64.6 cm³/mol. The zero-order valence-electron chi connectivity index (χ0n) is 9.57. The second-order valence-electron chi connectivity index (χ2n) is 4.25. The standard InChI is InChI=1S/C12H17F2NOS/c13-11(14)8-16-6-5-15-12(9-3-4-9)10-2-1-7-17-10/h1-2,7,9,11-12,15H,3-6,8H2. The van der Waals surface area contributed by atoms with E-state index in [-0.39, 0.29) is 0 Å². The van der Waals surface area contributed by atoms with Crippen molar-refractivity contribution in [2.45, 2.75) is 25.3 Å². The molecular weight excluding hydrogens is 244 g/mol. The molecule has 1 unspecified atom stereocenters. The van der Waals surface area contributed by atoms with Gasteiger partial charge in [0.05, 0.1) is 6.61 Å². The van der Waals surface area contributed by atoms with Crippen LogP contribution in [0.2, 0.25) is 0 Å². The maximum atomic E-state index is 11.8. The summed E-state index contributed by atoms with van der Waals surface area (Å²) in [6.07, 6.45) is 0.146. The highest BCUT2D eigenvalue weighted by atomic mass is 32.1. The lowest BCUT2D eigenvalue weighted by Gasteiger charge is -2.16. The topological polar surface area (TPSA) is 21.3 Å². The number of thiophene rings is 1. The molecule has 0 amide bonds. The highest BCUT2D eigenvalue weighted by Gasteiger charge is 2.32. The molecule has 1 heterocycles. The predicted octanol–water partition coefficient (Wildman–Crippen LogP) is 3.07. The number of nitrogens with one attached hydrogen (secondary N) is 1. The molecule has 1 N–H and O–H groups in total. The van der Waals surface area contributed by atoms with Gasteiger partial charge in [-0.05, 0) is 30.2 Å². The van der Waals surface area contributed by atoms with Crippen LogP contribution in [0.25, 0.3) is 0 Å². The molecule has 0 aromatic carbocycles. The molecule has 0 bridgehead atoms. The molecule has 17 heavy (non-hydrogen) atoms. The maximum Gasteiger partial charge on any atom is 0.261 e. The highest BCUT2D eigenvalue weighted by Crippen LogP contribution is 2.42. The van der Waals surface area contributed by atoms with Crippen molar-refractivity contribution in [1.82, 2.24) is 5.32 Å². The first-order valence-electron chi connectivity index (χ1n) is 5.90. The Morgan fingerprint density at radius 1 is 1.47 bits per heavy atom. The molecule has 0 aliphatic heterocycles. The van der Waals surface area contributed by atoms with Gasteiger partial charge in [-0.1, -0.05) is 6.07 Å². The summed E-state index contributed by atoms with van der Waals surface area (Å²) in [6.45, 7) is 0.513. The fourth-order valence-electron chi connectivity index (χ4n) is 1.86. The summed E-state index contributed by atoms with van der Waals surface area (Å²) < 4.78 is 28.5. The summed E-state index contributed by atoms with van der Waals surface area (Å²) in [6, 6.07) is 4.55. The van der Waals surface area contributed by atoms with Crippen LogP contribution in [0, 0.1) is 5.92 Å². The van der Waals surface area contributed by atoms with E-state index >= 15 is 0 Å². The van der Waals surface area contributed by atoms with Gasteiger partial charge >= 0.3 is 0 Å². The molecule has 0 saturated heterocycles. The van der Waals surface area contributed by atoms with E-state index in [9.17, 15) is 8.78 Å². The van der Waals surface area contributed by atoms with E-state index < -0.39 is 13.0 Å². The summed E-state index contributed by atoms with van der Waals surface area (Å²) in [7, 11) is 0. The Kier molecular flexibility index (Phi) is 4.88. The molecule has 1 aliphatic rings. The van der Waals surface area contributed by atoms with Crippen molar-refractivity contribution < 1.29 is 13.5 Å². The summed E-state index contributed by atoms with van der Waals surface area (Å²) >= 11 is 1.74. The quantitative estimate of drug-likeness (QED) is 0.726. The lowest BCUT2D eigenvalue weighted by molar-refractivity contribution is 0.0180. The number of ether oxygens (including phenoxy) is 1. The van der Waals surface area contributed by atoms with Crippen molar-refractivity contribution in [3.8, 4) is 0 Å². The number of alkyl halides is 2. The number of halogens is 2. The molecule has 5 heteroatoms. The van der Waals surface area contributed by atoms with Crippen molar-refractivity contribution in [2.24, 2.45) is 5.92 Å². The minimum Gasteiger partial charge on any atom is -0.374 e. The third-order valence-corrected chi connectivity index (χ3v) is 3.75.